The zero-order chi connectivity index (χ0) is 26.3. The summed E-state index contributed by atoms with van der Waals surface area (Å²) in [6.45, 7) is 6.68. The highest BCUT2D eigenvalue weighted by Crippen LogP contribution is 2.31. The molecular weight excluding hydrogens is 472 g/mol. The van der Waals surface area contributed by atoms with Crippen LogP contribution in [0.25, 0.3) is 11.7 Å². The van der Waals surface area contributed by atoms with Crippen molar-refractivity contribution in [3.05, 3.63) is 63.3 Å². The number of aromatic hydroxyl groups is 1. The Morgan fingerprint density at radius 1 is 1.24 bits per heavy atom. The number of fused-ring (bicyclic) bond motifs is 1. The molecule has 1 aliphatic heterocycles. The van der Waals surface area contributed by atoms with Crippen molar-refractivity contribution in [1.82, 2.24) is 29.4 Å². The van der Waals surface area contributed by atoms with Crippen LogP contribution in [-0.2, 0) is 11.3 Å². The van der Waals surface area contributed by atoms with Crippen molar-refractivity contribution in [1.29, 1.82) is 0 Å². The second-order valence-corrected chi connectivity index (χ2v) is 10.3. The molecule has 0 spiro atoms. The predicted molar refractivity (Wildman–Crippen MR) is 138 cm³/mol. The molecule has 1 aliphatic carbocycles. The third-order valence-electron chi connectivity index (χ3n) is 6.87. The van der Waals surface area contributed by atoms with Crippen LogP contribution in [0.15, 0.2) is 35.3 Å². The average molecular weight is 505 g/mol. The molecule has 3 aromatic heterocycles. The predicted octanol–water partition coefficient (Wildman–Crippen LogP) is 2.83. The Hall–Kier alpha value is -3.95. The van der Waals surface area contributed by atoms with Gasteiger partial charge in [0, 0.05) is 37.0 Å². The quantitative estimate of drug-likeness (QED) is 0.477. The lowest BCUT2D eigenvalue weighted by Crippen LogP contribution is -2.34. The van der Waals surface area contributed by atoms with Gasteiger partial charge in [-0.05, 0) is 56.7 Å². The summed E-state index contributed by atoms with van der Waals surface area (Å²) in [5.41, 5.74) is 1.27. The molecule has 3 aromatic rings. The van der Waals surface area contributed by atoms with E-state index in [9.17, 15) is 19.5 Å². The van der Waals surface area contributed by atoms with Gasteiger partial charge in [0.2, 0.25) is 11.8 Å². The molecule has 37 heavy (non-hydrogen) atoms. The highest BCUT2D eigenvalue weighted by Gasteiger charge is 2.31. The van der Waals surface area contributed by atoms with Gasteiger partial charge in [-0.3, -0.25) is 23.9 Å². The zero-order valence-corrected chi connectivity index (χ0v) is 21.3. The van der Waals surface area contributed by atoms with Gasteiger partial charge in [0.25, 0.3) is 11.5 Å². The van der Waals surface area contributed by atoms with Crippen LogP contribution in [0.4, 0.5) is 0 Å². The lowest BCUT2D eigenvalue weighted by Gasteiger charge is -2.22. The van der Waals surface area contributed by atoms with Crippen LogP contribution in [0.2, 0.25) is 0 Å². The van der Waals surface area contributed by atoms with Crippen molar-refractivity contribution in [3.63, 3.8) is 0 Å². The molecule has 0 aromatic carbocycles. The van der Waals surface area contributed by atoms with E-state index >= 15 is 0 Å². The zero-order valence-electron chi connectivity index (χ0n) is 21.3. The van der Waals surface area contributed by atoms with E-state index in [0.29, 0.717) is 30.0 Å². The summed E-state index contributed by atoms with van der Waals surface area (Å²) < 4.78 is 2.71. The first-order valence-corrected chi connectivity index (χ1v) is 12.8. The first-order valence-electron chi connectivity index (χ1n) is 12.8. The molecule has 10 nitrogen and oxygen atoms in total. The lowest BCUT2D eigenvalue weighted by atomic mass is 10.1. The third-order valence-corrected chi connectivity index (χ3v) is 6.87. The Balaban J connectivity index is 1.54. The number of likely N-dealkylation sites (tertiary alicyclic amines) is 1. The number of aromatic nitrogens is 4. The Morgan fingerprint density at radius 3 is 2.70 bits per heavy atom. The standard InChI is InChI=1S/C27H32N6O4/c1-16(2)15-32-25-19(11-12-22(34)31-14-6-8-21(31)20-7-4-5-13-28-20)17(3)30-33(25)27(37)23(26(32)36)24(35)29-18-9-10-18/h4-5,7,11-13,16,18,21,36H,6,8-10,14-15H2,1-3H3,(H,29,35). The molecule has 2 N–H and O–H groups in total. The molecule has 1 atom stereocenters. The number of rotatable bonds is 7. The van der Waals surface area contributed by atoms with Gasteiger partial charge in [-0.25, -0.2) is 0 Å². The molecule has 1 saturated heterocycles. The van der Waals surface area contributed by atoms with Crippen LogP contribution < -0.4 is 10.9 Å². The van der Waals surface area contributed by atoms with E-state index in [4.69, 9.17) is 0 Å². The average Bonchev–Trinajstić information content (AvgIpc) is 3.42. The summed E-state index contributed by atoms with van der Waals surface area (Å²) >= 11 is 0. The molecule has 2 fully saturated rings. The number of carbonyl (C=O) groups excluding carboxylic acids is 2. The topological polar surface area (TPSA) is 122 Å². The number of amides is 2. The fraction of sp³-hybridized carbons (Fsp3) is 0.444. The second kappa shape index (κ2) is 9.84. The van der Waals surface area contributed by atoms with Crippen molar-refractivity contribution in [2.75, 3.05) is 6.54 Å². The molecule has 0 radical (unpaired) electrons. The highest BCUT2D eigenvalue weighted by molar-refractivity contribution is 5.97. The minimum atomic E-state index is -0.686. The number of aryl methyl sites for hydroxylation is 1. The maximum Gasteiger partial charge on any atom is 0.291 e. The van der Waals surface area contributed by atoms with E-state index in [1.54, 1.807) is 28.7 Å². The van der Waals surface area contributed by atoms with Gasteiger partial charge in [-0.1, -0.05) is 19.9 Å². The van der Waals surface area contributed by atoms with E-state index in [2.05, 4.69) is 15.4 Å². The van der Waals surface area contributed by atoms with Gasteiger partial charge in [0.05, 0.1) is 17.4 Å². The van der Waals surface area contributed by atoms with Crippen molar-refractivity contribution in [2.45, 2.75) is 65.1 Å². The summed E-state index contributed by atoms with van der Waals surface area (Å²) in [5, 5.41) is 18.3. The van der Waals surface area contributed by atoms with Crippen LogP contribution in [-0.4, -0.2) is 53.6 Å². The van der Waals surface area contributed by atoms with E-state index in [1.165, 1.54) is 6.08 Å². The minimum absolute atomic E-state index is 0.0323. The molecule has 2 aliphatic rings. The maximum absolute atomic E-state index is 13.3. The number of carbonyl (C=O) groups is 2. The summed E-state index contributed by atoms with van der Waals surface area (Å²) in [6, 6.07) is 5.65. The number of nitrogens with one attached hydrogen (secondary N) is 1. The normalized spacial score (nSPS) is 17.8. The fourth-order valence-electron chi connectivity index (χ4n) is 4.94. The summed E-state index contributed by atoms with van der Waals surface area (Å²) in [7, 11) is 0. The van der Waals surface area contributed by atoms with E-state index in [1.807, 2.05) is 32.0 Å². The second-order valence-electron chi connectivity index (χ2n) is 10.3. The molecule has 10 heteroatoms. The monoisotopic (exact) mass is 504 g/mol. The molecule has 194 valence electrons. The van der Waals surface area contributed by atoms with Gasteiger partial charge in [-0.2, -0.15) is 9.61 Å². The summed E-state index contributed by atoms with van der Waals surface area (Å²) in [5.74, 6) is -1.04. The van der Waals surface area contributed by atoms with Crippen LogP contribution in [0.5, 0.6) is 5.88 Å². The molecule has 1 saturated carbocycles. The van der Waals surface area contributed by atoms with Gasteiger partial charge in [0.1, 0.15) is 5.65 Å². The smallest absolute Gasteiger partial charge is 0.291 e. The summed E-state index contributed by atoms with van der Waals surface area (Å²) in [6.07, 6.45) is 8.32. The van der Waals surface area contributed by atoms with Gasteiger partial charge in [0.15, 0.2) is 5.56 Å². The van der Waals surface area contributed by atoms with E-state index < -0.39 is 11.5 Å². The maximum atomic E-state index is 13.3. The Bertz CT molecular complexity index is 1430. The Labute approximate surface area is 214 Å². The van der Waals surface area contributed by atoms with Gasteiger partial charge >= 0.3 is 0 Å². The SMILES string of the molecule is Cc1nn2c(=O)c(C(=O)NC3CC3)c(O)n(CC(C)C)c2c1C=CC(=O)N1CCCC1c1ccccn1. The number of hydrogen-bond donors (Lipinski definition) is 2. The number of hydrogen-bond acceptors (Lipinski definition) is 6. The van der Waals surface area contributed by atoms with E-state index in [0.717, 1.165) is 35.9 Å². The lowest BCUT2D eigenvalue weighted by molar-refractivity contribution is -0.126. The molecule has 4 heterocycles. The molecular formula is C27H32N6O4. The molecule has 2 amide bonds. The van der Waals surface area contributed by atoms with Crippen molar-refractivity contribution in [3.8, 4) is 5.88 Å². The first-order chi connectivity index (χ1) is 17.8. The molecule has 1 unspecified atom stereocenters. The fourth-order valence-corrected chi connectivity index (χ4v) is 4.94. The minimum Gasteiger partial charge on any atom is -0.494 e. The molecule has 0 bridgehead atoms. The van der Waals surface area contributed by atoms with E-state index in [-0.39, 0.29) is 35.4 Å². The Morgan fingerprint density at radius 2 is 2.03 bits per heavy atom. The van der Waals surface area contributed by atoms with Gasteiger partial charge < -0.3 is 15.3 Å². The largest absolute Gasteiger partial charge is 0.494 e. The van der Waals surface area contributed by atoms with Crippen molar-refractivity contribution < 1.29 is 14.7 Å². The van der Waals surface area contributed by atoms with Crippen LogP contribution in [0.3, 0.4) is 0 Å². The van der Waals surface area contributed by atoms with Crippen LogP contribution >= 0.6 is 0 Å². The highest BCUT2D eigenvalue weighted by atomic mass is 16.3. The van der Waals surface area contributed by atoms with Crippen LogP contribution in [0, 0.1) is 12.8 Å². The van der Waals surface area contributed by atoms with Crippen molar-refractivity contribution in [2.24, 2.45) is 5.92 Å². The van der Waals surface area contributed by atoms with Gasteiger partial charge in [-0.15, -0.1) is 0 Å². The number of nitrogens with zero attached hydrogens (tertiary/aromatic N) is 5. The van der Waals surface area contributed by atoms with Crippen molar-refractivity contribution >= 4 is 23.5 Å². The first kappa shape index (κ1) is 24.7. The number of pyridine rings is 1. The molecule has 5 rings (SSSR count). The van der Waals surface area contributed by atoms with Crippen LogP contribution in [0.1, 0.15) is 72.9 Å². The third kappa shape index (κ3) is 4.75. The Kier molecular flexibility index (Phi) is 6.57. The summed E-state index contributed by atoms with van der Waals surface area (Å²) in [4.78, 5) is 45.6.